The molecule has 0 aliphatic carbocycles. The number of nitrogens with one attached hydrogen (secondary N) is 2. The van der Waals surface area contributed by atoms with E-state index in [1.807, 2.05) is 48.5 Å². The summed E-state index contributed by atoms with van der Waals surface area (Å²) >= 11 is 12.3. The molecule has 0 fully saturated rings. The second-order valence-corrected chi connectivity index (χ2v) is 8.43. The zero-order valence-corrected chi connectivity index (χ0v) is 19.5. The van der Waals surface area contributed by atoms with Crippen LogP contribution in [0.15, 0.2) is 71.3 Å². The Morgan fingerprint density at radius 2 is 1.74 bits per heavy atom. The molecule has 5 aromatic rings. The van der Waals surface area contributed by atoms with E-state index in [0.717, 1.165) is 11.1 Å². The van der Waals surface area contributed by atoms with Crippen molar-refractivity contribution in [1.29, 1.82) is 0 Å². The van der Waals surface area contributed by atoms with Crippen LogP contribution in [0.5, 0.6) is 0 Å². The van der Waals surface area contributed by atoms with E-state index in [1.54, 1.807) is 37.3 Å². The van der Waals surface area contributed by atoms with Crippen molar-refractivity contribution in [3.63, 3.8) is 0 Å². The van der Waals surface area contributed by atoms with Crippen molar-refractivity contribution in [2.24, 2.45) is 0 Å². The highest BCUT2D eigenvalue weighted by molar-refractivity contribution is 6.42. The van der Waals surface area contributed by atoms with Gasteiger partial charge in [-0.15, -0.1) is 0 Å². The average molecular weight is 489 g/mol. The molecule has 2 aromatic heterocycles. The van der Waals surface area contributed by atoms with Gasteiger partial charge in [0.2, 0.25) is 0 Å². The van der Waals surface area contributed by atoms with Gasteiger partial charge in [0.25, 0.3) is 5.91 Å². The smallest absolute Gasteiger partial charge is 0.256 e. The third-order valence-corrected chi connectivity index (χ3v) is 6.03. The molecule has 6 nitrogen and oxygen atoms in total. The van der Waals surface area contributed by atoms with Crippen molar-refractivity contribution in [2.75, 3.05) is 5.32 Å². The van der Waals surface area contributed by atoms with Gasteiger partial charge in [-0.05, 0) is 36.8 Å². The fourth-order valence-electron chi connectivity index (χ4n) is 3.59. The number of anilines is 1. The summed E-state index contributed by atoms with van der Waals surface area (Å²) in [4.78, 5) is 21.1. The van der Waals surface area contributed by atoms with Crippen molar-refractivity contribution in [1.82, 2.24) is 15.1 Å². The minimum absolute atomic E-state index is 0.312. The molecule has 2 N–H and O–H groups in total. The summed E-state index contributed by atoms with van der Waals surface area (Å²) in [7, 11) is 0. The van der Waals surface area contributed by atoms with Crippen LogP contribution in [-0.2, 0) is 0 Å². The number of hydrogen-bond donors (Lipinski definition) is 2. The van der Waals surface area contributed by atoms with E-state index < -0.39 is 0 Å². The Morgan fingerprint density at radius 1 is 1.00 bits per heavy atom. The number of fused-ring (bicyclic) bond motifs is 1. The Kier molecular flexibility index (Phi) is 5.92. The van der Waals surface area contributed by atoms with Gasteiger partial charge in [-0.3, -0.25) is 4.79 Å². The average Bonchev–Trinajstić information content (AvgIpc) is 3.41. The summed E-state index contributed by atoms with van der Waals surface area (Å²) in [5.74, 6) is 0.679. The second kappa shape index (κ2) is 9.17. The van der Waals surface area contributed by atoms with Gasteiger partial charge in [-0.1, -0.05) is 83.0 Å². The SMILES string of the molecule is Cc1noc(/C=C/c2ccccc2)c1NC(=O)c1ccccc1-c1nc2cc(Cl)c(Cl)cc2[nH]1. The van der Waals surface area contributed by atoms with Gasteiger partial charge >= 0.3 is 0 Å². The number of aryl methyl sites for hydroxylation is 1. The van der Waals surface area contributed by atoms with Crippen LogP contribution in [0.25, 0.3) is 34.6 Å². The van der Waals surface area contributed by atoms with E-state index in [1.165, 1.54) is 0 Å². The van der Waals surface area contributed by atoms with E-state index in [0.29, 0.717) is 49.7 Å². The lowest BCUT2D eigenvalue weighted by Gasteiger charge is -2.08. The molecule has 0 unspecified atom stereocenters. The van der Waals surface area contributed by atoms with Gasteiger partial charge in [-0.25, -0.2) is 4.98 Å². The number of hydrogen-bond acceptors (Lipinski definition) is 4. The monoisotopic (exact) mass is 488 g/mol. The van der Waals surface area contributed by atoms with E-state index in [9.17, 15) is 4.79 Å². The predicted molar refractivity (Wildman–Crippen MR) is 136 cm³/mol. The maximum absolute atomic E-state index is 13.3. The molecule has 0 bridgehead atoms. The maximum Gasteiger partial charge on any atom is 0.256 e. The summed E-state index contributed by atoms with van der Waals surface area (Å²) in [5.41, 5.74) is 4.55. The summed E-state index contributed by atoms with van der Waals surface area (Å²) in [6.07, 6.45) is 3.68. The van der Waals surface area contributed by atoms with Gasteiger partial charge in [0, 0.05) is 5.56 Å². The highest BCUT2D eigenvalue weighted by atomic mass is 35.5. The lowest BCUT2D eigenvalue weighted by molar-refractivity contribution is 0.102. The first-order chi connectivity index (χ1) is 16.5. The molecule has 0 spiro atoms. The zero-order valence-electron chi connectivity index (χ0n) is 18.0. The van der Waals surface area contributed by atoms with Crippen LogP contribution in [0, 0.1) is 6.92 Å². The minimum atomic E-state index is -0.312. The molecule has 0 saturated carbocycles. The Morgan fingerprint density at radius 3 is 2.56 bits per heavy atom. The van der Waals surface area contributed by atoms with Gasteiger partial charge in [0.15, 0.2) is 5.76 Å². The molecule has 0 saturated heterocycles. The molecule has 2 heterocycles. The number of amides is 1. The first-order valence-corrected chi connectivity index (χ1v) is 11.2. The van der Waals surface area contributed by atoms with Crippen molar-refractivity contribution in [2.45, 2.75) is 6.92 Å². The molecule has 8 heteroatoms. The summed E-state index contributed by atoms with van der Waals surface area (Å²) < 4.78 is 5.44. The topological polar surface area (TPSA) is 83.8 Å². The van der Waals surface area contributed by atoms with Crippen molar-refractivity contribution in [3.8, 4) is 11.4 Å². The van der Waals surface area contributed by atoms with Crippen LogP contribution in [0.3, 0.4) is 0 Å². The fraction of sp³-hybridized carbons (Fsp3) is 0.0385. The number of H-pyrrole nitrogens is 1. The van der Waals surface area contributed by atoms with Gasteiger partial charge < -0.3 is 14.8 Å². The van der Waals surface area contributed by atoms with Crippen LogP contribution in [0.4, 0.5) is 5.69 Å². The predicted octanol–water partition coefficient (Wildman–Crippen LogP) is 7.26. The molecule has 34 heavy (non-hydrogen) atoms. The molecule has 3 aromatic carbocycles. The third kappa shape index (κ3) is 4.33. The number of imidazole rings is 1. The standard InChI is InChI=1S/C26H18Cl2N4O2/c1-15-24(23(34-32-15)12-11-16-7-3-2-4-8-16)31-26(33)18-10-6-5-9-17(18)25-29-21-13-19(27)20(28)14-22(21)30-25/h2-14H,1H3,(H,29,30)(H,31,33)/b12-11+. The van der Waals surface area contributed by atoms with E-state index in [-0.39, 0.29) is 5.91 Å². The Bertz CT molecular complexity index is 1500. The van der Waals surface area contributed by atoms with E-state index >= 15 is 0 Å². The molecular weight excluding hydrogens is 471 g/mol. The molecule has 1 amide bonds. The van der Waals surface area contributed by atoms with Gasteiger partial charge in [0.1, 0.15) is 17.2 Å². The van der Waals surface area contributed by atoms with E-state index in [4.69, 9.17) is 27.7 Å². The molecule has 0 atom stereocenters. The summed E-state index contributed by atoms with van der Waals surface area (Å²) in [5, 5.41) is 7.80. The first kappa shape index (κ1) is 21.9. The second-order valence-electron chi connectivity index (χ2n) is 7.62. The number of rotatable bonds is 5. The third-order valence-electron chi connectivity index (χ3n) is 5.31. The quantitative estimate of drug-likeness (QED) is 0.272. The molecule has 0 radical (unpaired) electrons. The highest BCUT2D eigenvalue weighted by Crippen LogP contribution is 2.31. The summed E-state index contributed by atoms with van der Waals surface area (Å²) in [6.45, 7) is 1.78. The van der Waals surface area contributed by atoms with E-state index in [2.05, 4.69) is 20.4 Å². The Labute approximate surface area is 205 Å². The molecule has 0 aliphatic rings. The van der Waals surface area contributed by atoms with Crippen LogP contribution in [-0.4, -0.2) is 21.0 Å². The highest BCUT2D eigenvalue weighted by Gasteiger charge is 2.19. The van der Waals surface area contributed by atoms with Crippen molar-refractivity contribution in [3.05, 3.63) is 99.4 Å². The van der Waals surface area contributed by atoms with Gasteiger partial charge in [-0.2, -0.15) is 0 Å². The van der Waals surface area contributed by atoms with Gasteiger partial charge in [0.05, 0.1) is 26.6 Å². The molecule has 168 valence electrons. The maximum atomic E-state index is 13.3. The fourth-order valence-corrected chi connectivity index (χ4v) is 3.91. The Balaban J connectivity index is 1.47. The number of benzene rings is 3. The van der Waals surface area contributed by atoms with Crippen LogP contribution >= 0.6 is 23.2 Å². The van der Waals surface area contributed by atoms with Crippen LogP contribution in [0.1, 0.15) is 27.4 Å². The minimum Gasteiger partial charge on any atom is -0.354 e. The zero-order chi connectivity index (χ0) is 23.7. The number of carbonyl (C=O) groups is 1. The van der Waals surface area contributed by atoms with Crippen molar-refractivity contribution >= 4 is 58.0 Å². The molecule has 5 rings (SSSR count). The summed E-state index contributed by atoms with van der Waals surface area (Å²) in [6, 6.07) is 20.4. The lowest BCUT2D eigenvalue weighted by atomic mass is 10.1. The normalized spacial score (nSPS) is 11.4. The lowest BCUT2D eigenvalue weighted by Crippen LogP contribution is -2.14. The van der Waals surface area contributed by atoms with Crippen LogP contribution < -0.4 is 5.32 Å². The van der Waals surface area contributed by atoms with Crippen LogP contribution in [0.2, 0.25) is 10.0 Å². The number of aromatic nitrogens is 3. The Hall–Kier alpha value is -3.87. The first-order valence-electron chi connectivity index (χ1n) is 10.4. The largest absolute Gasteiger partial charge is 0.354 e. The molecule has 0 aliphatic heterocycles. The molecular formula is C26H18Cl2N4O2. The number of aromatic amines is 1. The number of carbonyl (C=O) groups excluding carboxylic acids is 1. The number of halogens is 2. The number of nitrogens with zero attached hydrogens (tertiary/aromatic N) is 2. The van der Waals surface area contributed by atoms with Crippen molar-refractivity contribution < 1.29 is 9.32 Å².